The second-order valence-electron chi connectivity index (χ2n) is 22.3. The number of hydrogen-bond donors (Lipinski definition) is 0. The lowest BCUT2D eigenvalue weighted by molar-refractivity contribution is -0.167. The van der Waals surface area contributed by atoms with Crippen LogP contribution < -0.4 is 0 Å². The fraction of sp³-hybridized carbons (Fsp3) is 0.693. The van der Waals surface area contributed by atoms with Crippen LogP contribution >= 0.6 is 0 Å². The van der Waals surface area contributed by atoms with E-state index in [0.29, 0.717) is 19.3 Å². The van der Waals surface area contributed by atoms with E-state index in [4.69, 9.17) is 14.2 Å². The molecular weight excluding hydrogens is 997 g/mol. The lowest BCUT2D eigenvalue weighted by atomic mass is 10.1. The van der Waals surface area contributed by atoms with Gasteiger partial charge in [0, 0.05) is 19.3 Å². The van der Waals surface area contributed by atoms with Crippen molar-refractivity contribution in [3.05, 3.63) is 122 Å². The largest absolute Gasteiger partial charge is 0.462 e. The van der Waals surface area contributed by atoms with Gasteiger partial charge in [0.05, 0.1) is 0 Å². The number of esters is 3. The second-order valence-corrected chi connectivity index (χ2v) is 22.3. The molecule has 0 rings (SSSR count). The average molecular weight is 1120 g/mol. The molecule has 6 heteroatoms. The highest BCUT2D eigenvalue weighted by Crippen LogP contribution is 2.16. The second kappa shape index (κ2) is 68.3. The smallest absolute Gasteiger partial charge is 0.306 e. The molecule has 0 aliphatic carbocycles. The summed E-state index contributed by atoms with van der Waals surface area (Å²) in [5.74, 6) is -0.960. The fourth-order valence-electron chi connectivity index (χ4n) is 9.34. The third-order valence-electron chi connectivity index (χ3n) is 14.4. The Labute approximate surface area is 501 Å². The van der Waals surface area contributed by atoms with E-state index in [1.807, 2.05) is 0 Å². The summed E-state index contributed by atoms with van der Waals surface area (Å²) in [5.41, 5.74) is 0. The summed E-state index contributed by atoms with van der Waals surface area (Å²) in [4.78, 5) is 38.4. The van der Waals surface area contributed by atoms with Crippen molar-refractivity contribution >= 4 is 17.9 Å². The zero-order valence-corrected chi connectivity index (χ0v) is 53.0. The van der Waals surface area contributed by atoms with Gasteiger partial charge < -0.3 is 14.2 Å². The predicted octanol–water partition coefficient (Wildman–Crippen LogP) is 23.6. The quantitative estimate of drug-likeness (QED) is 0.0261. The molecule has 0 saturated heterocycles. The van der Waals surface area contributed by atoms with E-state index in [9.17, 15) is 14.4 Å². The molecule has 0 saturated carbocycles. The highest BCUT2D eigenvalue weighted by atomic mass is 16.6. The van der Waals surface area contributed by atoms with Crippen LogP contribution in [0.3, 0.4) is 0 Å². The van der Waals surface area contributed by atoms with Crippen molar-refractivity contribution in [2.75, 3.05) is 13.2 Å². The first-order chi connectivity index (χ1) is 40.0. The fourth-order valence-corrected chi connectivity index (χ4v) is 9.34. The van der Waals surface area contributed by atoms with Crippen LogP contribution in [0.2, 0.25) is 0 Å². The minimum absolute atomic E-state index is 0.100. The van der Waals surface area contributed by atoms with Gasteiger partial charge in [0.2, 0.25) is 0 Å². The Bertz CT molecular complexity index is 1670. The third-order valence-corrected chi connectivity index (χ3v) is 14.4. The first-order valence-corrected chi connectivity index (χ1v) is 34.0. The summed E-state index contributed by atoms with van der Waals surface area (Å²) in [5, 5.41) is 0. The van der Waals surface area contributed by atoms with Crippen molar-refractivity contribution in [1.82, 2.24) is 0 Å². The van der Waals surface area contributed by atoms with Gasteiger partial charge in [0.15, 0.2) is 6.10 Å². The Morgan fingerprint density at radius 1 is 0.259 bits per heavy atom. The zero-order valence-electron chi connectivity index (χ0n) is 53.0. The van der Waals surface area contributed by atoms with Gasteiger partial charge in [-0.2, -0.15) is 0 Å². The van der Waals surface area contributed by atoms with Crippen molar-refractivity contribution in [1.29, 1.82) is 0 Å². The van der Waals surface area contributed by atoms with Crippen LogP contribution in [-0.2, 0) is 28.6 Å². The standard InChI is InChI=1S/C75H126O6/c1-4-7-10-13-16-19-22-25-28-31-34-36-37-39-41-44-47-50-53-56-59-62-65-68-74(77)80-71-72(70-79-73(76)67-64-61-58-55-52-49-46-43-40-33-30-27-24-21-18-15-12-9-6-3)81-75(78)69-66-63-60-57-54-51-48-45-42-38-35-32-29-26-23-20-17-14-11-8-5-2/h7,10,16,19,23,25-28,30,32,34-36,39,41,47,50,56,59,72H,4-6,8-9,11-15,17-18,20-22,24,29,31,33,37-38,40,42-46,48-49,51-55,57-58,60-71H2,1-3H3/b10-7-,19-16-,26-23-,28-25-,30-27-,35-32-,36-34-,41-39-,50-47-,59-56-. The van der Waals surface area contributed by atoms with Gasteiger partial charge in [0.1, 0.15) is 13.2 Å². The molecule has 0 aliphatic rings. The van der Waals surface area contributed by atoms with Gasteiger partial charge in [0.25, 0.3) is 0 Å². The molecule has 0 spiro atoms. The molecule has 0 fully saturated rings. The Morgan fingerprint density at radius 3 is 0.815 bits per heavy atom. The maximum atomic E-state index is 13.0. The van der Waals surface area contributed by atoms with Crippen LogP contribution in [0.4, 0.5) is 0 Å². The zero-order chi connectivity index (χ0) is 58.5. The minimum atomic E-state index is -0.810. The molecular formula is C75H126O6. The molecule has 1 atom stereocenters. The van der Waals surface area contributed by atoms with E-state index in [1.54, 1.807) is 0 Å². The molecule has 0 aliphatic heterocycles. The van der Waals surface area contributed by atoms with Gasteiger partial charge in [-0.3, -0.25) is 14.4 Å². The molecule has 0 aromatic heterocycles. The van der Waals surface area contributed by atoms with Gasteiger partial charge in [-0.25, -0.2) is 0 Å². The summed E-state index contributed by atoms with van der Waals surface area (Å²) in [7, 11) is 0. The Hall–Kier alpha value is -4.19. The van der Waals surface area contributed by atoms with Gasteiger partial charge in [-0.15, -0.1) is 0 Å². The number of unbranched alkanes of at least 4 members (excludes halogenated alkanes) is 30. The summed E-state index contributed by atoms with van der Waals surface area (Å²) in [6, 6.07) is 0. The summed E-state index contributed by atoms with van der Waals surface area (Å²) >= 11 is 0. The van der Waals surface area contributed by atoms with E-state index in [0.717, 1.165) is 96.3 Å². The molecule has 6 nitrogen and oxygen atoms in total. The summed E-state index contributed by atoms with van der Waals surface area (Å²) in [6.07, 6.45) is 95.0. The van der Waals surface area contributed by atoms with Gasteiger partial charge in [-0.05, 0) is 128 Å². The number of carbonyl (C=O) groups is 3. The molecule has 0 amide bonds. The van der Waals surface area contributed by atoms with E-state index >= 15 is 0 Å². The molecule has 0 heterocycles. The lowest BCUT2D eigenvalue weighted by Crippen LogP contribution is -2.30. The van der Waals surface area contributed by atoms with Crippen molar-refractivity contribution in [3.63, 3.8) is 0 Å². The van der Waals surface area contributed by atoms with Crippen molar-refractivity contribution in [3.8, 4) is 0 Å². The Balaban J connectivity index is 4.50. The minimum Gasteiger partial charge on any atom is -0.462 e. The summed E-state index contributed by atoms with van der Waals surface area (Å²) in [6.45, 7) is 6.49. The molecule has 81 heavy (non-hydrogen) atoms. The lowest BCUT2D eigenvalue weighted by Gasteiger charge is -2.18. The van der Waals surface area contributed by atoms with E-state index in [-0.39, 0.29) is 37.5 Å². The van der Waals surface area contributed by atoms with E-state index in [2.05, 4.69) is 142 Å². The Morgan fingerprint density at radius 2 is 0.494 bits per heavy atom. The van der Waals surface area contributed by atoms with Gasteiger partial charge in [-0.1, -0.05) is 290 Å². The van der Waals surface area contributed by atoms with Crippen molar-refractivity contribution in [2.24, 2.45) is 0 Å². The first-order valence-electron chi connectivity index (χ1n) is 34.0. The van der Waals surface area contributed by atoms with Crippen LogP contribution in [0, 0.1) is 0 Å². The molecule has 0 N–H and O–H groups in total. The van der Waals surface area contributed by atoms with Crippen LogP contribution in [0.1, 0.15) is 316 Å². The first kappa shape index (κ1) is 76.8. The normalized spacial score (nSPS) is 12.9. The molecule has 0 aromatic carbocycles. The van der Waals surface area contributed by atoms with Crippen LogP contribution in [-0.4, -0.2) is 37.2 Å². The monoisotopic (exact) mass is 1120 g/mol. The number of ether oxygens (including phenoxy) is 3. The summed E-state index contributed by atoms with van der Waals surface area (Å²) < 4.78 is 16.9. The number of carbonyl (C=O) groups excluding carboxylic acids is 3. The van der Waals surface area contributed by atoms with Crippen molar-refractivity contribution < 1.29 is 28.6 Å². The number of hydrogen-bond acceptors (Lipinski definition) is 6. The Kier molecular flexibility index (Phi) is 64.8. The third kappa shape index (κ3) is 66.5. The van der Waals surface area contributed by atoms with Crippen LogP contribution in [0.25, 0.3) is 0 Å². The SMILES string of the molecule is CC/C=C\C/C=C\C/C=C\C/C=C\C/C=C\C/C=C\C/C=C\CCCC(=O)OCC(COC(=O)CCCCCCCCCCC/C=C\CCCCCCCC)OC(=O)CCCCCCCCCCC/C=C\C/C=C\CCCCCCC. The average Bonchev–Trinajstić information content (AvgIpc) is 3.47. The van der Waals surface area contributed by atoms with Crippen molar-refractivity contribution in [2.45, 2.75) is 322 Å². The molecule has 0 aromatic rings. The molecule has 1 unspecified atom stereocenters. The highest BCUT2D eigenvalue weighted by Gasteiger charge is 2.19. The van der Waals surface area contributed by atoms with Gasteiger partial charge >= 0.3 is 17.9 Å². The topological polar surface area (TPSA) is 78.9 Å². The highest BCUT2D eigenvalue weighted by molar-refractivity contribution is 5.71. The molecule has 0 bridgehead atoms. The van der Waals surface area contributed by atoms with E-state index in [1.165, 1.54) is 173 Å². The van der Waals surface area contributed by atoms with Crippen LogP contribution in [0.5, 0.6) is 0 Å². The number of allylic oxidation sites excluding steroid dienone is 20. The molecule has 0 radical (unpaired) electrons. The maximum absolute atomic E-state index is 13.0. The maximum Gasteiger partial charge on any atom is 0.306 e. The number of rotatable bonds is 61. The van der Waals surface area contributed by atoms with Crippen LogP contribution in [0.15, 0.2) is 122 Å². The predicted molar refractivity (Wildman–Crippen MR) is 353 cm³/mol. The molecule has 462 valence electrons. The van der Waals surface area contributed by atoms with E-state index < -0.39 is 6.10 Å².